The van der Waals surface area contributed by atoms with Gasteiger partial charge in [-0.2, -0.15) is 11.8 Å². The smallest absolute Gasteiger partial charge is 0.223 e. The summed E-state index contributed by atoms with van der Waals surface area (Å²) in [6.07, 6.45) is 1.93. The molecule has 0 saturated carbocycles. The van der Waals surface area contributed by atoms with Crippen molar-refractivity contribution in [1.29, 1.82) is 0 Å². The number of aliphatic hydroxyl groups is 1. The van der Waals surface area contributed by atoms with Crippen molar-refractivity contribution < 1.29 is 24.1 Å². The summed E-state index contributed by atoms with van der Waals surface area (Å²) in [4.78, 5) is 15.4. The van der Waals surface area contributed by atoms with E-state index in [-0.39, 0.29) is 48.5 Å². The van der Waals surface area contributed by atoms with Crippen LogP contribution in [0.25, 0.3) is 0 Å². The normalized spacial score (nSPS) is 16.6. The van der Waals surface area contributed by atoms with E-state index < -0.39 is 12.1 Å². The van der Waals surface area contributed by atoms with Gasteiger partial charge in [0.15, 0.2) is 11.5 Å². The van der Waals surface area contributed by atoms with Crippen LogP contribution in [0.1, 0.15) is 52.5 Å². The predicted octanol–water partition coefficient (Wildman–Crippen LogP) is 4.67. The largest absolute Gasteiger partial charge is 0.493 e. The Labute approximate surface area is 271 Å². The highest BCUT2D eigenvalue weighted by atomic mass is 35.5. The molecule has 0 aliphatic carbocycles. The fourth-order valence-corrected chi connectivity index (χ4v) is 6.14. The number of methoxy groups -OCH3 is 2. The number of thioether (sulfide) groups is 1. The number of hydrogen-bond donors (Lipinski definition) is 3. The van der Waals surface area contributed by atoms with E-state index in [2.05, 4.69) is 30.1 Å². The van der Waals surface area contributed by atoms with Gasteiger partial charge < -0.3 is 30.4 Å². The molecule has 1 aliphatic rings. The fraction of sp³-hybridized carbons (Fsp3) is 0.774. The first-order valence-electron chi connectivity index (χ1n) is 15.0. The number of amides is 1. The van der Waals surface area contributed by atoms with Crippen molar-refractivity contribution in [2.24, 2.45) is 29.4 Å². The van der Waals surface area contributed by atoms with Crippen LogP contribution in [0.5, 0.6) is 11.5 Å². The predicted molar refractivity (Wildman–Crippen MR) is 180 cm³/mol. The number of rotatable bonds is 19. The minimum absolute atomic E-state index is 0. The van der Waals surface area contributed by atoms with E-state index in [1.54, 1.807) is 14.2 Å². The number of aliphatic hydroxyl groups excluding tert-OH is 1. The third kappa shape index (κ3) is 14.7. The zero-order valence-corrected chi connectivity index (χ0v) is 29.0. The van der Waals surface area contributed by atoms with E-state index >= 15 is 0 Å². The van der Waals surface area contributed by atoms with Gasteiger partial charge in [0.2, 0.25) is 5.91 Å². The SMILES string of the molecule is COCCCOc1cc(C[C@@H](C[C@H](N)[C@@H](O)C[C@H](C(=O)NCCN2CCSCC2)C(C)C)C(C)C)ccc1OC.Cl.Cl. The van der Waals surface area contributed by atoms with Gasteiger partial charge in [-0.1, -0.05) is 33.8 Å². The van der Waals surface area contributed by atoms with Crippen LogP contribution in [-0.2, 0) is 16.0 Å². The van der Waals surface area contributed by atoms with Crippen LogP contribution in [0, 0.1) is 23.7 Å². The molecule has 1 amide bonds. The van der Waals surface area contributed by atoms with E-state index in [1.165, 1.54) is 0 Å². The van der Waals surface area contributed by atoms with Gasteiger partial charge in [0.25, 0.3) is 0 Å². The molecule has 246 valence electrons. The number of nitrogens with two attached hydrogens (primary N) is 1. The van der Waals surface area contributed by atoms with Crippen molar-refractivity contribution in [2.45, 2.75) is 65.5 Å². The Balaban J connectivity index is 0.00000840. The summed E-state index contributed by atoms with van der Waals surface area (Å²) in [5, 5.41) is 14.2. The van der Waals surface area contributed by atoms with Gasteiger partial charge in [0.1, 0.15) is 0 Å². The lowest BCUT2D eigenvalue weighted by Crippen LogP contribution is -2.44. The van der Waals surface area contributed by atoms with Gasteiger partial charge in [0, 0.05) is 69.8 Å². The van der Waals surface area contributed by atoms with E-state index in [0.29, 0.717) is 44.3 Å². The van der Waals surface area contributed by atoms with Gasteiger partial charge >= 0.3 is 0 Å². The molecule has 4 atom stereocenters. The Morgan fingerprint density at radius 2 is 1.74 bits per heavy atom. The molecule has 8 nitrogen and oxygen atoms in total. The number of halogens is 2. The molecule has 1 aromatic rings. The van der Waals surface area contributed by atoms with E-state index in [0.717, 1.165) is 55.3 Å². The van der Waals surface area contributed by atoms with E-state index in [1.807, 2.05) is 37.7 Å². The molecule has 4 N–H and O–H groups in total. The maximum absolute atomic E-state index is 13.0. The molecule has 0 bridgehead atoms. The van der Waals surface area contributed by atoms with Gasteiger partial charge in [0.05, 0.1) is 19.8 Å². The number of ether oxygens (including phenoxy) is 3. The lowest BCUT2D eigenvalue weighted by atomic mass is 9.81. The second kappa shape index (κ2) is 22.6. The number of nitrogens with zero attached hydrogens (tertiary/aromatic N) is 1. The minimum Gasteiger partial charge on any atom is -0.493 e. The second-order valence-electron chi connectivity index (χ2n) is 11.7. The van der Waals surface area contributed by atoms with Crippen LogP contribution in [0.3, 0.4) is 0 Å². The lowest BCUT2D eigenvalue weighted by molar-refractivity contribution is -0.127. The third-order valence-electron chi connectivity index (χ3n) is 7.96. The Bertz CT molecular complexity index is 862. The number of carbonyl (C=O) groups excluding carboxylic acids is 1. The number of nitrogens with one attached hydrogen (secondary N) is 1. The third-order valence-corrected chi connectivity index (χ3v) is 8.90. The van der Waals surface area contributed by atoms with Crippen molar-refractivity contribution >= 4 is 42.5 Å². The summed E-state index contributed by atoms with van der Waals surface area (Å²) in [6.45, 7) is 13.4. The van der Waals surface area contributed by atoms with Crippen LogP contribution in [-0.4, -0.2) is 93.2 Å². The molecule has 11 heteroatoms. The van der Waals surface area contributed by atoms with Gasteiger partial charge in [-0.25, -0.2) is 0 Å². The van der Waals surface area contributed by atoms with Gasteiger partial charge in [-0.15, -0.1) is 24.8 Å². The summed E-state index contributed by atoms with van der Waals surface area (Å²) in [6, 6.07) is 5.66. The van der Waals surface area contributed by atoms with Crippen LogP contribution in [0.2, 0.25) is 0 Å². The van der Waals surface area contributed by atoms with Gasteiger partial charge in [-0.05, 0) is 54.7 Å². The minimum atomic E-state index is -0.742. The highest BCUT2D eigenvalue weighted by Crippen LogP contribution is 2.31. The first-order valence-corrected chi connectivity index (χ1v) is 16.1. The van der Waals surface area contributed by atoms with Crippen LogP contribution < -0.4 is 20.5 Å². The molecule has 2 rings (SSSR count). The summed E-state index contributed by atoms with van der Waals surface area (Å²) in [5.41, 5.74) is 7.73. The monoisotopic (exact) mass is 653 g/mol. The van der Waals surface area contributed by atoms with Crippen LogP contribution in [0.15, 0.2) is 18.2 Å². The summed E-state index contributed by atoms with van der Waals surface area (Å²) in [5.74, 6) is 4.28. The molecular formula is C31H57Cl2N3O5S. The highest BCUT2D eigenvalue weighted by Gasteiger charge is 2.30. The van der Waals surface area contributed by atoms with Crippen molar-refractivity contribution in [3.8, 4) is 11.5 Å². The Kier molecular flexibility index (Phi) is 22.0. The number of carbonyl (C=O) groups is 1. The van der Waals surface area contributed by atoms with Crippen LogP contribution >= 0.6 is 36.6 Å². The summed E-state index contributed by atoms with van der Waals surface area (Å²) < 4.78 is 16.6. The zero-order chi connectivity index (χ0) is 29.5. The van der Waals surface area contributed by atoms with Crippen molar-refractivity contribution in [2.75, 3.05) is 65.1 Å². The van der Waals surface area contributed by atoms with Crippen molar-refractivity contribution in [3.05, 3.63) is 23.8 Å². The van der Waals surface area contributed by atoms with E-state index in [4.69, 9.17) is 19.9 Å². The van der Waals surface area contributed by atoms with Crippen molar-refractivity contribution in [1.82, 2.24) is 10.2 Å². The fourth-order valence-electron chi connectivity index (χ4n) is 5.16. The van der Waals surface area contributed by atoms with E-state index in [9.17, 15) is 9.90 Å². The topological polar surface area (TPSA) is 106 Å². The first-order chi connectivity index (χ1) is 19.2. The molecule has 0 spiro atoms. The number of hydrogen-bond acceptors (Lipinski definition) is 8. The highest BCUT2D eigenvalue weighted by molar-refractivity contribution is 7.99. The molecule has 1 fully saturated rings. The quantitative estimate of drug-likeness (QED) is 0.185. The summed E-state index contributed by atoms with van der Waals surface area (Å²) in [7, 11) is 3.33. The molecule has 42 heavy (non-hydrogen) atoms. The summed E-state index contributed by atoms with van der Waals surface area (Å²) >= 11 is 1.99. The zero-order valence-electron chi connectivity index (χ0n) is 26.5. The molecule has 1 aromatic carbocycles. The molecule has 1 saturated heterocycles. The first kappa shape index (κ1) is 41.1. The molecule has 1 aliphatic heterocycles. The maximum Gasteiger partial charge on any atom is 0.223 e. The maximum atomic E-state index is 13.0. The standard InChI is InChI=1S/C31H55N3O5S.2ClH/c1-22(2)25(18-24-8-9-29(38-6)30(19-24)39-15-7-14-37-5)20-27(32)28(35)21-26(23(3)4)31(36)33-10-11-34-12-16-40-17-13-34;;/h8-9,19,22-23,25-28,35H,7,10-18,20-21,32H2,1-6H3,(H,33,36);2*1H/t25-,26-,27-,28-;;/m0../s1. The Morgan fingerprint density at radius 1 is 1.05 bits per heavy atom. The average molecular weight is 655 g/mol. The van der Waals surface area contributed by atoms with Crippen molar-refractivity contribution in [3.63, 3.8) is 0 Å². The second-order valence-corrected chi connectivity index (χ2v) is 12.9. The molecule has 1 heterocycles. The lowest BCUT2D eigenvalue weighted by Gasteiger charge is -2.30. The number of benzene rings is 1. The van der Waals surface area contributed by atoms with Crippen LogP contribution in [0.4, 0.5) is 0 Å². The van der Waals surface area contributed by atoms with Gasteiger partial charge in [-0.3, -0.25) is 9.69 Å². The molecule has 0 aromatic heterocycles. The molecular weight excluding hydrogens is 597 g/mol. The Morgan fingerprint density at radius 3 is 2.33 bits per heavy atom. The molecule has 0 radical (unpaired) electrons. The molecule has 0 unspecified atom stereocenters. The Hall–Kier alpha value is -0.940. The average Bonchev–Trinajstić information content (AvgIpc) is 2.93.